The maximum absolute atomic E-state index is 13.2. The van der Waals surface area contributed by atoms with Gasteiger partial charge in [-0.15, -0.1) is 0 Å². The summed E-state index contributed by atoms with van der Waals surface area (Å²) in [6.45, 7) is 8.51. The summed E-state index contributed by atoms with van der Waals surface area (Å²) < 4.78 is 0. The molecule has 3 fully saturated rings. The van der Waals surface area contributed by atoms with Crippen LogP contribution in [-0.2, 0) is 4.79 Å². The quantitative estimate of drug-likeness (QED) is 0.862. The number of carbonyl (C=O) groups is 1. The highest BCUT2D eigenvalue weighted by atomic mass is 16.2. The van der Waals surface area contributed by atoms with Crippen LogP contribution in [0.3, 0.4) is 0 Å². The second-order valence-electron chi connectivity index (χ2n) is 7.22. The van der Waals surface area contributed by atoms with E-state index in [1.165, 1.54) is 25.8 Å². The minimum atomic E-state index is -0.0587. The van der Waals surface area contributed by atoms with Gasteiger partial charge in [-0.2, -0.15) is 0 Å². The minimum absolute atomic E-state index is 0.0587. The van der Waals surface area contributed by atoms with Crippen molar-refractivity contribution in [3.63, 3.8) is 0 Å². The van der Waals surface area contributed by atoms with Gasteiger partial charge in [-0.3, -0.25) is 9.69 Å². The lowest BCUT2D eigenvalue weighted by Crippen LogP contribution is -2.59. The van der Waals surface area contributed by atoms with Crippen molar-refractivity contribution < 1.29 is 4.79 Å². The molecule has 3 aliphatic heterocycles. The number of nitrogens with zero attached hydrogens (tertiary/aromatic N) is 2. The van der Waals surface area contributed by atoms with Crippen molar-refractivity contribution in [2.45, 2.75) is 57.9 Å². The van der Waals surface area contributed by atoms with Crippen LogP contribution in [0.5, 0.6) is 0 Å². The predicted molar refractivity (Wildman–Crippen MR) is 85.2 cm³/mol. The first-order valence-corrected chi connectivity index (χ1v) is 8.99. The Labute approximate surface area is 129 Å². The highest BCUT2D eigenvalue weighted by Crippen LogP contribution is 2.37. The molecule has 0 bridgehead atoms. The molecule has 3 heterocycles. The van der Waals surface area contributed by atoms with Crippen molar-refractivity contribution in [2.75, 3.05) is 39.3 Å². The van der Waals surface area contributed by atoms with Gasteiger partial charge < -0.3 is 10.2 Å². The predicted octanol–water partition coefficient (Wildman–Crippen LogP) is 1.85. The third kappa shape index (κ3) is 3.11. The molecular formula is C17H31N3O. The fraction of sp³-hybridized carbons (Fsp3) is 0.941. The molecule has 3 aliphatic rings. The van der Waals surface area contributed by atoms with Gasteiger partial charge in [-0.25, -0.2) is 0 Å². The van der Waals surface area contributed by atoms with Gasteiger partial charge in [0, 0.05) is 25.7 Å². The molecule has 0 aromatic heterocycles. The summed E-state index contributed by atoms with van der Waals surface area (Å²) in [5.74, 6) is 0.469. The molecule has 0 aromatic carbocycles. The van der Waals surface area contributed by atoms with Gasteiger partial charge in [-0.05, 0) is 51.7 Å². The molecule has 1 amide bonds. The Morgan fingerprint density at radius 1 is 1.19 bits per heavy atom. The number of piperidine rings is 2. The van der Waals surface area contributed by atoms with E-state index in [0.717, 1.165) is 58.4 Å². The van der Waals surface area contributed by atoms with Crippen LogP contribution in [0.2, 0.25) is 0 Å². The zero-order chi connectivity index (χ0) is 14.7. The van der Waals surface area contributed by atoms with Crippen LogP contribution in [0, 0.1) is 5.41 Å². The summed E-state index contributed by atoms with van der Waals surface area (Å²) in [6.07, 6.45) is 8.22. The molecule has 0 radical (unpaired) electrons. The summed E-state index contributed by atoms with van der Waals surface area (Å²) >= 11 is 0. The monoisotopic (exact) mass is 293 g/mol. The molecule has 0 aromatic rings. The number of fused-ring (bicyclic) bond motifs is 1. The topological polar surface area (TPSA) is 35.6 Å². The van der Waals surface area contributed by atoms with Crippen LogP contribution in [0.4, 0.5) is 0 Å². The fourth-order valence-corrected chi connectivity index (χ4v) is 4.63. The summed E-state index contributed by atoms with van der Waals surface area (Å²) in [6, 6.07) is 0.636. The van der Waals surface area contributed by atoms with Gasteiger partial charge in [0.2, 0.25) is 5.91 Å². The highest BCUT2D eigenvalue weighted by Gasteiger charge is 2.43. The van der Waals surface area contributed by atoms with Gasteiger partial charge in [0.25, 0.3) is 0 Å². The summed E-state index contributed by atoms with van der Waals surface area (Å²) in [7, 11) is 0. The van der Waals surface area contributed by atoms with E-state index < -0.39 is 0 Å². The molecule has 4 heteroatoms. The van der Waals surface area contributed by atoms with Gasteiger partial charge in [0.05, 0.1) is 5.41 Å². The summed E-state index contributed by atoms with van der Waals surface area (Å²) in [5, 5.41) is 3.42. The number of hydrogen-bond acceptors (Lipinski definition) is 3. The molecule has 4 nitrogen and oxygen atoms in total. The van der Waals surface area contributed by atoms with Crippen LogP contribution in [0.25, 0.3) is 0 Å². The molecule has 1 atom stereocenters. The van der Waals surface area contributed by atoms with Crippen LogP contribution in [0.15, 0.2) is 0 Å². The minimum Gasteiger partial charge on any atom is -0.339 e. The third-order valence-corrected chi connectivity index (χ3v) is 5.87. The molecule has 21 heavy (non-hydrogen) atoms. The second-order valence-corrected chi connectivity index (χ2v) is 7.22. The largest absolute Gasteiger partial charge is 0.339 e. The third-order valence-electron chi connectivity index (χ3n) is 5.87. The number of carbonyl (C=O) groups excluding carboxylic acids is 1. The Balaban J connectivity index is 1.68. The van der Waals surface area contributed by atoms with Crippen LogP contribution in [0.1, 0.15) is 51.9 Å². The first-order valence-electron chi connectivity index (χ1n) is 8.99. The molecule has 0 aliphatic carbocycles. The van der Waals surface area contributed by atoms with E-state index in [4.69, 9.17) is 0 Å². The number of piperazine rings is 1. The summed E-state index contributed by atoms with van der Waals surface area (Å²) in [4.78, 5) is 18.0. The Morgan fingerprint density at radius 2 is 2.00 bits per heavy atom. The van der Waals surface area contributed by atoms with E-state index in [0.29, 0.717) is 11.9 Å². The smallest absolute Gasteiger partial charge is 0.228 e. The van der Waals surface area contributed by atoms with E-state index >= 15 is 0 Å². The molecular weight excluding hydrogens is 262 g/mol. The molecule has 3 rings (SSSR count). The maximum atomic E-state index is 13.2. The van der Waals surface area contributed by atoms with E-state index in [2.05, 4.69) is 22.0 Å². The highest BCUT2D eigenvalue weighted by molar-refractivity contribution is 5.83. The lowest BCUT2D eigenvalue weighted by atomic mass is 9.74. The second kappa shape index (κ2) is 6.66. The molecule has 120 valence electrons. The first-order chi connectivity index (χ1) is 10.2. The summed E-state index contributed by atoms with van der Waals surface area (Å²) in [5.41, 5.74) is -0.0587. The number of hydrogen-bond donors (Lipinski definition) is 1. The van der Waals surface area contributed by atoms with E-state index in [-0.39, 0.29) is 5.41 Å². The Bertz CT molecular complexity index is 360. The Kier molecular flexibility index (Phi) is 4.85. The Hall–Kier alpha value is -0.610. The Morgan fingerprint density at radius 3 is 2.76 bits per heavy atom. The molecule has 3 saturated heterocycles. The van der Waals surface area contributed by atoms with Crippen molar-refractivity contribution in [1.29, 1.82) is 0 Å². The average molecular weight is 293 g/mol. The normalized spacial score (nSPS) is 30.0. The zero-order valence-electron chi connectivity index (χ0n) is 13.6. The van der Waals surface area contributed by atoms with Crippen LogP contribution < -0.4 is 5.32 Å². The van der Waals surface area contributed by atoms with Crippen molar-refractivity contribution in [3.05, 3.63) is 0 Å². The molecule has 0 saturated carbocycles. The lowest BCUT2D eigenvalue weighted by molar-refractivity contribution is -0.148. The first kappa shape index (κ1) is 15.3. The van der Waals surface area contributed by atoms with Gasteiger partial charge >= 0.3 is 0 Å². The van der Waals surface area contributed by atoms with Gasteiger partial charge in [0.15, 0.2) is 0 Å². The van der Waals surface area contributed by atoms with Crippen LogP contribution in [-0.4, -0.2) is 61.0 Å². The molecule has 1 N–H and O–H groups in total. The van der Waals surface area contributed by atoms with Crippen molar-refractivity contribution in [3.8, 4) is 0 Å². The lowest BCUT2D eigenvalue weighted by Gasteiger charge is -2.47. The maximum Gasteiger partial charge on any atom is 0.228 e. The average Bonchev–Trinajstić information content (AvgIpc) is 2.55. The van der Waals surface area contributed by atoms with Gasteiger partial charge in [-0.1, -0.05) is 19.8 Å². The van der Waals surface area contributed by atoms with E-state index in [9.17, 15) is 4.79 Å². The molecule has 1 unspecified atom stereocenters. The number of nitrogens with one attached hydrogen (secondary N) is 1. The van der Waals surface area contributed by atoms with Crippen LogP contribution >= 0.6 is 0 Å². The van der Waals surface area contributed by atoms with E-state index in [1.807, 2.05) is 0 Å². The zero-order valence-corrected chi connectivity index (χ0v) is 13.6. The SMILES string of the molecule is CCCC1(C(=O)N2CCN3CCCCC3C2)CCNCC1. The van der Waals surface area contributed by atoms with Gasteiger partial charge in [0.1, 0.15) is 0 Å². The standard InChI is InChI=1S/C17H31N3O/c1-2-6-17(7-9-18-10-8-17)16(21)20-13-12-19-11-4-3-5-15(19)14-20/h15,18H,2-14H2,1H3. The number of amides is 1. The van der Waals surface area contributed by atoms with Crippen molar-refractivity contribution in [2.24, 2.45) is 5.41 Å². The fourth-order valence-electron chi connectivity index (χ4n) is 4.63. The number of rotatable bonds is 3. The van der Waals surface area contributed by atoms with E-state index in [1.54, 1.807) is 0 Å². The van der Waals surface area contributed by atoms with Crippen molar-refractivity contribution in [1.82, 2.24) is 15.1 Å². The van der Waals surface area contributed by atoms with Crippen molar-refractivity contribution >= 4 is 5.91 Å². The molecule has 0 spiro atoms.